The van der Waals surface area contributed by atoms with Crippen LogP contribution in [0.25, 0.3) is 0 Å². The molecule has 0 bridgehead atoms. The summed E-state index contributed by atoms with van der Waals surface area (Å²) in [6, 6.07) is 22.6. The molecule has 168 valence electrons. The Morgan fingerprint density at radius 3 is 2.00 bits per heavy atom. The SMILES string of the molecule is NC(=O)c1ccc(NC(=O)COC(=O)[C@H](Cc2ccccc2)NC(=O)c2ccccc2)cc1. The fourth-order valence-corrected chi connectivity index (χ4v) is 3.03. The average Bonchev–Trinajstić information content (AvgIpc) is 2.83. The molecule has 33 heavy (non-hydrogen) atoms. The van der Waals surface area contributed by atoms with Crippen LogP contribution in [0.4, 0.5) is 5.69 Å². The minimum absolute atomic E-state index is 0.203. The van der Waals surface area contributed by atoms with Gasteiger partial charge in [-0.3, -0.25) is 14.4 Å². The number of amides is 3. The maximum absolute atomic E-state index is 12.7. The van der Waals surface area contributed by atoms with Crippen molar-refractivity contribution in [2.75, 3.05) is 11.9 Å². The van der Waals surface area contributed by atoms with E-state index in [1.807, 2.05) is 30.3 Å². The van der Waals surface area contributed by atoms with Crippen LogP contribution >= 0.6 is 0 Å². The smallest absolute Gasteiger partial charge is 0.329 e. The van der Waals surface area contributed by atoms with E-state index in [0.29, 0.717) is 16.8 Å². The molecule has 8 heteroatoms. The van der Waals surface area contributed by atoms with Crippen molar-refractivity contribution in [2.45, 2.75) is 12.5 Å². The minimum atomic E-state index is -0.984. The summed E-state index contributed by atoms with van der Waals surface area (Å²) in [5.74, 6) is -2.30. The Balaban J connectivity index is 1.61. The topological polar surface area (TPSA) is 128 Å². The Morgan fingerprint density at radius 2 is 1.39 bits per heavy atom. The number of nitrogens with one attached hydrogen (secondary N) is 2. The summed E-state index contributed by atoms with van der Waals surface area (Å²) in [5.41, 5.74) is 7.14. The number of carbonyl (C=O) groups is 4. The quantitative estimate of drug-likeness (QED) is 0.436. The molecule has 0 saturated heterocycles. The van der Waals surface area contributed by atoms with Crippen molar-refractivity contribution in [1.82, 2.24) is 5.32 Å². The van der Waals surface area contributed by atoms with Gasteiger partial charge < -0.3 is 21.1 Å². The molecule has 0 radical (unpaired) electrons. The van der Waals surface area contributed by atoms with E-state index in [0.717, 1.165) is 5.56 Å². The lowest BCUT2D eigenvalue weighted by molar-refractivity contribution is -0.149. The molecule has 0 aliphatic heterocycles. The van der Waals surface area contributed by atoms with Crippen LogP contribution < -0.4 is 16.4 Å². The van der Waals surface area contributed by atoms with Crippen molar-refractivity contribution in [3.8, 4) is 0 Å². The number of rotatable bonds is 9. The largest absolute Gasteiger partial charge is 0.454 e. The van der Waals surface area contributed by atoms with Crippen LogP contribution in [0.2, 0.25) is 0 Å². The van der Waals surface area contributed by atoms with E-state index in [9.17, 15) is 19.2 Å². The fraction of sp³-hybridized carbons (Fsp3) is 0.120. The molecule has 0 aromatic heterocycles. The number of benzene rings is 3. The van der Waals surface area contributed by atoms with E-state index in [4.69, 9.17) is 10.5 Å². The molecule has 3 aromatic rings. The van der Waals surface area contributed by atoms with Crippen molar-refractivity contribution in [2.24, 2.45) is 5.73 Å². The Kier molecular flexibility index (Phi) is 7.91. The van der Waals surface area contributed by atoms with Gasteiger partial charge in [-0.2, -0.15) is 0 Å². The number of anilines is 1. The number of carbonyl (C=O) groups excluding carboxylic acids is 4. The number of hydrogen-bond donors (Lipinski definition) is 3. The lowest BCUT2D eigenvalue weighted by Gasteiger charge is -2.18. The van der Waals surface area contributed by atoms with Gasteiger partial charge in [-0.1, -0.05) is 48.5 Å². The van der Waals surface area contributed by atoms with Crippen molar-refractivity contribution in [1.29, 1.82) is 0 Å². The molecule has 0 unspecified atom stereocenters. The van der Waals surface area contributed by atoms with Crippen LogP contribution in [0.1, 0.15) is 26.3 Å². The standard InChI is InChI=1S/C25H23N3O5/c26-23(30)18-11-13-20(14-12-18)27-22(29)16-33-25(32)21(15-17-7-3-1-4-8-17)28-24(31)19-9-5-2-6-10-19/h1-14,21H,15-16H2,(H2,26,30)(H,27,29)(H,28,31)/t21-/m0/s1. The highest BCUT2D eigenvalue weighted by Crippen LogP contribution is 2.10. The third-order valence-corrected chi connectivity index (χ3v) is 4.71. The van der Waals surface area contributed by atoms with Gasteiger partial charge in [-0.05, 0) is 42.0 Å². The molecule has 3 amide bonds. The lowest BCUT2D eigenvalue weighted by atomic mass is 10.1. The molecule has 0 saturated carbocycles. The van der Waals surface area contributed by atoms with Crippen molar-refractivity contribution < 1.29 is 23.9 Å². The number of hydrogen-bond acceptors (Lipinski definition) is 5. The monoisotopic (exact) mass is 445 g/mol. The number of ether oxygens (including phenoxy) is 1. The Morgan fingerprint density at radius 1 is 0.788 bits per heavy atom. The Hall–Kier alpha value is -4.46. The molecule has 0 spiro atoms. The molecule has 3 aromatic carbocycles. The first kappa shape index (κ1) is 23.2. The summed E-state index contributed by atoms with van der Waals surface area (Å²) in [6.07, 6.45) is 0.203. The summed E-state index contributed by atoms with van der Waals surface area (Å²) < 4.78 is 5.17. The van der Waals surface area contributed by atoms with Crippen LogP contribution in [0.3, 0.4) is 0 Å². The Bertz CT molecular complexity index is 1120. The molecule has 3 rings (SSSR count). The van der Waals surface area contributed by atoms with Gasteiger partial charge in [0.25, 0.3) is 11.8 Å². The highest BCUT2D eigenvalue weighted by Gasteiger charge is 2.24. The molecule has 1 atom stereocenters. The molecule has 0 heterocycles. The molecular weight excluding hydrogens is 422 g/mol. The van der Waals surface area contributed by atoms with Gasteiger partial charge in [-0.25, -0.2) is 4.79 Å². The summed E-state index contributed by atoms with van der Waals surface area (Å²) in [4.78, 5) is 48.6. The van der Waals surface area contributed by atoms with Gasteiger partial charge >= 0.3 is 5.97 Å². The summed E-state index contributed by atoms with van der Waals surface area (Å²) >= 11 is 0. The second kappa shape index (κ2) is 11.2. The highest BCUT2D eigenvalue weighted by molar-refractivity contribution is 5.98. The minimum Gasteiger partial charge on any atom is -0.454 e. The summed E-state index contributed by atoms with van der Waals surface area (Å²) in [6.45, 7) is -0.539. The van der Waals surface area contributed by atoms with Gasteiger partial charge in [0, 0.05) is 23.2 Å². The molecule has 0 aliphatic carbocycles. The predicted molar refractivity (Wildman–Crippen MR) is 122 cm³/mol. The maximum Gasteiger partial charge on any atom is 0.329 e. The first-order valence-corrected chi connectivity index (χ1v) is 10.2. The van der Waals surface area contributed by atoms with E-state index in [1.165, 1.54) is 24.3 Å². The third-order valence-electron chi connectivity index (χ3n) is 4.71. The van der Waals surface area contributed by atoms with E-state index < -0.39 is 36.3 Å². The van der Waals surface area contributed by atoms with Gasteiger partial charge in [-0.15, -0.1) is 0 Å². The van der Waals surface area contributed by atoms with E-state index in [2.05, 4.69) is 10.6 Å². The second-order valence-corrected chi connectivity index (χ2v) is 7.18. The van der Waals surface area contributed by atoms with Crippen LogP contribution in [-0.2, 0) is 20.7 Å². The fourth-order valence-electron chi connectivity index (χ4n) is 3.03. The zero-order valence-electron chi connectivity index (χ0n) is 17.7. The van der Waals surface area contributed by atoms with E-state index >= 15 is 0 Å². The molecular formula is C25H23N3O5. The molecule has 0 aliphatic rings. The van der Waals surface area contributed by atoms with Gasteiger partial charge in [0.1, 0.15) is 6.04 Å². The van der Waals surface area contributed by atoms with Gasteiger partial charge in [0.15, 0.2) is 6.61 Å². The van der Waals surface area contributed by atoms with E-state index in [-0.39, 0.29) is 6.42 Å². The lowest BCUT2D eigenvalue weighted by Crippen LogP contribution is -2.44. The Labute approximate surface area is 190 Å². The zero-order valence-corrected chi connectivity index (χ0v) is 17.7. The number of esters is 1. The third kappa shape index (κ3) is 7.03. The molecule has 4 N–H and O–H groups in total. The van der Waals surface area contributed by atoms with Crippen molar-refractivity contribution in [3.63, 3.8) is 0 Å². The highest BCUT2D eigenvalue weighted by atomic mass is 16.5. The van der Waals surface area contributed by atoms with Gasteiger partial charge in [0.2, 0.25) is 5.91 Å². The number of primary amides is 1. The van der Waals surface area contributed by atoms with E-state index in [1.54, 1.807) is 30.3 Å². The van der Waals surface area contributed by atoms with Crippen molar-refractivity contribution in [3.05, 3.63) is 102 Å². The summed E-state index contributed by atoms with van der Waals surface area (Å²) in [5, 5.41) is 5.25. The van der Waals surface area contributed by atoms with Crippen LogP contribution in [0.5, 0.6) is 0 Å². The van der Waals surface area contributed by atoms with Crippen LogP contribution in [0.15, 0.2) is 84.9 Å². The second-order valence-electron chi connectivity index (χ2n) is 7.18. The maximum atomic E-state index is 12.7. The van der Waals surface area contributed by atoms with Crippen LogP contribution in [-0.4, -0.2) is 36.3 Å². The van der Waals surface area contributed by atoms with Crippen LogP contribution in [0, 0.1) is 0 Å². The normalized spacial score (nSPS) is 11.2. The van der Waals surface area contributed by atoms with Crippen molar-refractivity contribution >= 4 is 29.4 Å². The molecule has 0 fully saturated rings. The molecule has 8 nitrogen and oxygen atoms in total. The number of nitrogens with two attached hydrogens (primary N) is 1. The summed E-state index contributed by atoms with van der Waals surface area (Å²) in [7, 11) is 0. The zero-order chi connectivity index (χ0) is 23.6. The van der Waals surface area contributed by atoms with Gasteiger partial charge in [0.05, 0.1) is 0 Å². The first-order valence-electron chi connectivity index (χ1n) is 10.2. The first-order chi connectivity index (χ1) is 15.9. The predicted octanol–water partition coefficient (Wildman–Crippen LogP) is 2.31. The average molecular weight is 445 g/mol.